The number of ether oxygens (including phenoxy) is 1. The first-order valence-electron chi connectivity index (χ1n) is 12.0. The van der Waals surface area contributed by atoms with E-state index in [9.17, 15) is 19.5 Å². The molecule has 0 heterocycles. The Labute approximate surface area is 199 Å². The fraction of sp³-hybridized carbons (Fsp3) is 0.444. The smallest absolute Gasteiger partial charge is 0.407 e. The second-order valence-electron chi connectivity index (χ2n) is 9.49. The lowest BCUT2D eigenvalue weighted by atomic mass is 9.98. The molecule has 0 aliphatic heterocycles. The van der Waals surface area contributed by atoms with Crippen molar-refractivity contribution in [1.82, 2.24) is 10.6 Å². The molecule has 34 heavy (non-hydrogen) atoms. The lowest BCUT2D eigenvalue weighted by Crippen LogP contribution is -2.41. The maximum atomic E-state index is 12.3. The molecule has 1 fully saturated rings. The Bertz CT molecular complexity index is 1000. The fourth-order valence-corrected chi connectivity index (χ4v) is 4.56. The maximum absolute atomic E-state index is 12.3. The average molecular weight is 465 g/mol. The summed E-state index contributed by atoms with van der Waals surface area (Å²) in [6.07, 6.45) is 2.87. The van der Waals surface area contributed by atoms with E-state index in [-0.39, 0.29) is 30.8 Å². The number of alkyl carbamates (subject to hydrolysis) is 1. The quantitative estimate of drug-likeness (QED) is 0.460. The third kappa shape index (κ3) is 5.95. The number of benzene rings is 2. The van der Waals surface area contributed by atoms with Crippen LogP contribution in [0.1, 0.15) is 56.1 Å². The number of fused-ring (bicyclic) bond motifs is 3. The van der Waals surface area contributed by atoms with E-state index in [2.05, 4.69) is 34.9 Å². The van der Waals surface area contributed by atoms with Gasteiger partial charge in [-0.3, -0.25) is 4.79 Å². The molecule has 0 aromatic heterocycles. The number of amides is 2. The Morgan fingerprint density at radius 1 is 1.03 bits per heavy atom. The van der Waals surface area contributed by atoms with E-state index >= 15 is 0 Å². The summed E-state index contributed by atoms with van der Waals surface area (Å²) in [7, 11) is 0. The second kappa shape index (κ2) is 10.7. The molecular weight excluding hydrogens is 432 g/mol. The van der Waals surface area contributed by atoms with Crippen LogP contribution >= 0.6 is 0 Å². The van der Waals surface area contributed by atoms with Crippen molar-refractivity contribution in [2.45, 2.75) is 51.0 Å². The normalized spacial score (nSPS) is 16.1. The van der Waals surface area contributed by atoms with Gasteiger partial charge in [0, 0.05) is 18.9 Å². The van der Waals surface area contributed by atoms with E-state index < -0.39 is 18.1 Å². The van der Waals surface area contributed by atoms with Gasteiger partial charge in [-0.15, -0.1) is 0 Å². The highest BCUT2D eigenvalue weighted by Crippen LogP contribution is 2.44. The van der Waals surface area contributed by atoms with Crippen molar-refractivity contribution in [3.05, 3.63) is 59.7 Å². The van der Waals surface area contributed by atoms with Gasteiger partial charge in [0.15, 0.2) is 0 Å². The Morgan fingerprint density at radius 2 is 1.65 bits per heavy atom. The minimum absolute atomic E-state index is 0.0112. The summed E-state index contributed by atoms with van der Waals surface area (Å²) in [4.78, 5) is 35.8. The van der Waals surface area contributed by atoms with Gasteiger partial charge >= 0.3 is 12.1 Å². The molecule has 0 saturated heterocycles. The molecule has 1 saturated carbocycles. The number of hydrogen-bond donors (Lipinski definition) is 3. The Balaban J connectivity index is 1.19. The van der Waals surface area contributed by atoms with Gasteiger partial charge in [-0.2, -0.15) is 0 Å². The number of rotatable bonds is 11. The first kappa shape index (κ1) is 23.8. The molecule has 0 bridgehead atoms. The molecule has 3 N–H and O–H groups in total. The molecule has 4 rings (SSSR count). The Hall–Kier alpha value is -3.35. The molecule has 2 atom stereocenters. The number of nitrogens with one attached hydrogen (secondary N) is 2. The average Bonchev–Trinajstić information content (AvgIpc) is 3.60. The van der Waals surface area contributed by atoms with Crippen LogP contribution in [0.4, 0.5) is 4.79 Å². The van der Waals surface area contributed by atoms with Crippen LogP contribution in [0.5, 0.6) is 0 Å². The maximum Gasteiger partial charge on any atom is 0.407 e. The van der Waals surface area contributed by atoms with Crippen molar-refractivity contribution in [2.75, 3.05) is 13.2 Å². The van der Waals surface area contributed by atoms with Crippen molar-refractivity contribution in [3.8, 4) is 11.1 Å². The molecule has 7 heteroatoms. The van der Waals surface area contributed by atoms with E-state index in [0.717, 1.165) is 24.0 Å². The second-order valence-corrected chi connectivity index (χ2v) is 9.49. The predicted octanol–water partition coefficient (Wildman–Crippen LogP) is 4.31. The fourth-order valence-electron chi connectivity index (χ4n) is 4.56. The van der Waals surface area contributed by atoms with Gasteiger partial charge in [-0.05, 0) is 46.9 Å². The Morgan fingerprint density at radius 3 is 2.24 bits per heavy atom. The number of carboxylic acid groups (broad SMARTS) is 1. The van der Waals surface area contributed by atoms with Crippen molar-refractivity contribution >= 4 is 18.0 Å². The number of carboxylic acids is 1. The summed E-state index contributed by atoms with van der Waals surface area (Å²) >= 11 is 0. The molecule has 7 nitrogen and oxygen atoms in total. The SMILES string of the molecule is CC(CCC(=O)NC(CC1CC1)C(=O)O)CNC(=O)OCC1c2ccccc2-c2ccccc21. The third-order valence-electron chi connectivity index (χ3n) is 6.70. The zero-order valence-electron chi connectivity index (χ0n) is 19.5. The summed E-state index contributed by atoms with van der Waals surface area (Å²) in [5.74, 6) is -0.761. The van der Waals surface area contributed by atoms with Crippen LogP contribution in [0.15, 0.2) is 48.5 Å². The van der Waals surface area contributed by atoms with Crippen molar-refractivity contribution in [1.29, 1.82) is 0 Å². The van der Waals surface area contributed by atoms with E-state index in [1.165, 1.54) is 11.1 Å². The molecule has 2 aliphatic rings. The standard InChI is InChI=1S/C27H32N2O5/c1-17(10-13-25(30)29-24(26(31)32)14-18-11-12-18)15-28-27(33)34-16-23-21-8-4-2-6-19(21)20-7-3-5-9-22(20)23/h2-9,17-18,23-24H,10-16H2,1H3,(H,28,33)(H,29,30)(H,31,32). The first-order chi connectivity index (χ1) is 16.4. The van der Waals surface area contributed by atoms with Crippen LogP contribution in [-0.2, 0) is 14.3 Å². The summed E-state index contributed by atoms with van der Waals surface area (Å²) in [5.41, 5.74) is 4.69. The van der Waals surface area contributed by atoms with Gasteiger partial charge in [0.2, 0.25) is 5.91 Å². The Kier molecular flexibility index (Phi) is 7.50. The third-order valence-corrected chi connectivity index (χ3v) is 6.70. The monoisotopic (exact) mass is 464 g/mol. The molecule has 2 aliphatic carbocycles. The topological polar surface area (TPSA) is 105 Å². The van der Waals surface area contributed by atoms with Crippen molar-refractivity contribution in [2.24, 2.45) is 11.8 Å². The highest BCUT2D eigenvalue weighted by molar-refractivity contribution is 5.83. The lowest BCUT2D eigenvalue weighted by Gasteiger charge is -2.17. The minimum Gasteiger partial charge on any atom is -0.480 e. The van der Waals surface area contributed by atoms with Crippen LogP contribution in [0.2, 0.25) is 0 Å². The molecular formula is C27H32N2O5. The number of hydrogen-bond acceptors (Lipinski definition) is 4. The van der Waals surface area contributed by atoms with Gasteiger partial charge < -0.3 is 20.5 Å². The highest BCUT2D eigenvalue weighted by atomic mass is 16.5. The van der Waals surface area contributed by atoms with Crippen LogP contribution in [0.25, 0.3) is 11.1 Å². The van der Waals surface area contributed by atoms with Gasteiger partial charge in [-0.1, -0.05) is 68.3 Å². The minimum atomic E-state index is -0.981. The molecule has 2 aromatic rings. The van der Waals surface area contributed by atoms with Gasteiger partial charge in [0.25, 0.3) is 0 Å². The zero-order valence-corrected chi connectivity index (χ0v) is 19.5. The summed E-state index contributed by atoms with van der Waals surface area (Å²) in [5, 5.41) is 14.7. The van der Waals surface area contributed by atoms with E-state index in [4.69, 9.17) is 4.74 Å². The van der Waals surface area contributed by atoms with Crippen LogP contribution in [-0.4, -0.2) is 42.3 Å². The number of aliphatic carboxylic acids is 1. The van der Waals surface area contributed by atoms with Gasteiger partial charge in [0.05, 0.1) is 0 Å². The summed E-state index contributed by atoms with van der Waals surface area (Å²) in [6, 6.07) is 15.6. The van der Waals surface area contributed by atoms with Crippen LogP contribution in [0, 0.1) is 11.8 Å². The van der Waals surface area contributed by atoms with Crippen molar-refractivity contribution < 1.29 is 24.2 Å². The molecule has 2 amide bonds. The summed E-state index contributed by atoms with van der Waals surface area (Å²) in [6.45, 7) is 2.58. The predicted molar refractivity (Wildman–Crippen MR) is 128 cm³/mol. The number of carbonyl (C=O) groups is 3. The molecule has 0 spiro atoms. The van der Waals surface area contributed by atoms with Gasteiger partial charge in [0.1, 0.15) is 12.6 Å². The van der Waals surface area contributed by atoms with Crippen molar-refractivity contribution in [3.63, 3.8) is 0 Å². The van der Waals surface area contributed by atoms with E-state index in [1.807, 2.05) is 31.2 Å². The van der Waals surface area contributed by atoms with Crippen LogP contribution in [0.3, 0.4) is 0 Å². The van der Waals surface area contributed by atoms with E-state index in [0.29, 0.717) is 25.3 Å². The first-order valence-corrected chi connectivity index (χ1v) is 12.0. The molecule has 180 valence electrons. The summed E-state index contributed by atoms with van der Waals surface area (Å²) < 4.78 is 5.54. The van der Waals surface area contributed by atoms with Gasteiger partial charge in [-0.25, -0.2) is 9.59 Å². The largest absolute Gasteiger partial charge is 0.480 e. The zero-order chi connectivity index (χ0) is 24.1. The van der Waals surface area contributed by atoms with E-state index in [1.54, 1.807) is 0 Å². The number of carbonyl (C=O) groups excluding carboxylic acids is 2. The molecule has 0 radical (unpaired) electrons. The van der Waals surface area contributed by atoms with Crippen LogP contribution < -0.4 is 10.6 Å². The molecule has 2 unspecified atom stereocenters. The lowest BCUT2D eigenvalue weighted by molar-refractivity contribution is -0.142. The highest BCUT2D eigenvalue weighted by Gasteiger charge is 2.30. The molecule has 2 aromatic carbocycles.